The number of hydrogen-bond acceptors (Lipinski definition) is 3. The number of piperazine rings is 1. The third-order valence-electron chi connectivity index (χ3n) is 2.98. The first-order chi connectivity index (χ1) is 7.24. The van der Waals surface area contributed by atoms with E-state index in [0.29, 0.717) is 18.2 Å². The third kappa shape index (κ3) is 4.62. The van der Waals surface area contributed by atoms with Crippen LogP contribution in [0, 0.1) is 5.92 Å². The van der Waals surface area contributed by atoms with Crippen LogP contribution in [0.5, 0.6) is 0 Å². The molecule has 1 atom stereocenters. The van der Waals surface area contributed by atoms with Gasteiger partial charge in [0, 0.05) is 32.6 Å². The Bertz CT molecular complexity index is 190. The maximum atomic E-state index is 11.8. The molecular formula is C11H23N3O. The molecular weight excluding hydrogens is 190 g/mol. The van der Waals surface area contributed by atoms with Crippen LogP contribution in [-0.4, -0.2) is 43.5 Å². The highest BCUT2D eigenvalue weighted by Crippen LogP contribution is 2.10. The van der Waals surface area contributed by atoms with Crippen molar-refractivity contribution in [2.45, 2.75) is 26.2 Å². The molecule has 3 N–H and O–H groups in total. The largest absolute Gasteiger partial charge is 0.340 e. The van der Waals surface area contributed by atoms with E-state index in [-0.39, 0.29) is 0 Å². The van der Waals surface area contributed by atoms with Gasteiger partial charge >= 0.3 is 0 Å². The summed E-state index contributed by atoms with van der Waals surface area (Å²) in [6, 6.07) is 0. The summed E-state index contributed by atoms with van der Waals surface area (Å²) in [5, 5.41) is 3.24. The molecule has 1 aliphatic heterocycles. The number of nitrogens with zero attached hydrogens (tertiary/aromatic N) is 1. The van der Waals surface area contributed by atoms with Crippen molar-refractivity contribution in [1.82, 2.24) is 10.2 Å². The van der Waals surface area contributed by atoms with Crippen molar-refractivity contribution in [3.8, 4) is 0 Å². The van der Waals surface area contributed by atoms with E-state index in [9.17, 15) is 4.79 Å². The number of carbonyl (C=O) groups excluding carboxylic acids is 1. The molecule has 0 aromatic carbocycles. The second-order valence-corrected chi connectivity index (χ2v) is 4.35. The first-order valence-electron chi connectivity index (χ1n) is 5.92. The van der Waals surface area contributed by atoms with Crippen LogP contribution in [0.4, 0.5) is 0 Å². The SMILES string of the molecule is CC(CCN)CCC(=O)N1CCNCC1. The van der Waals surface area contributed by atoms with Gasteiger partial charge in [0.15, 0.2) is 0 Å². The smallest absolute Gasteiger partial charge is 0.222 e. The van der Waals surface area contributed by atoms with E-state index in [1.807, 2.05) is 4.90 Å². The lowest BCUT2D eigenvalue weighted by Gasteiger charge is -2.27. The average Bonchev–Trinajstić information content (AvgIpc) is 2.27. The van der Waals surface area contributed by atoms with Crippen LogP contribution in [0.15, 0.2) is 0 Å². The highest BCUT2D eigenvalue weighted by molar-refractivity contribution is 5.76. The fourth-order valence-electron chi connectivity index (χ4n) is 1.87. The summed E-state index contributed by atoms with van der Waals surface area (Å²) in [5.41, 5.74) is 5.48. The molecule has 4 nitrogen and oxygen atoms in total. The van der Waals surface area contributed by atoms with Gasteiger partial charge in [-0.25, -0.2) is 0 Å². The molecule has 0 aliphatic carbocycles. The molecule has 1 heterocycles. The number of amides is 1. The van der Waals surface area contributed by atoms with Crippen molar-refractivity contribution in [1.29, 1.82) is 0 Å². The van der Waals surface area contributed by atoms with Crippen molar-refractivity contribution >= 4 is 5.91 Å². The van der Waals surface area contributed by atoms with Crippen molar-refractivity contribution in [3.63, 3.8) is 0 Å². The minimum atomic E-state index is 0.306. The normalized spacial score (nSPS) is 18.9. The average molecular weight is 213 g/mol. The second-order valence-electron chi connectivity index (χ2n) is 4.35. The van der Waals surface area contributed by atoms with Gasteiger partial charge in [0.25, 0.3) is 0 Å². The van der Waals surface area contributed by atoms with E-state index >= 15 is 0 Å². The highest BCUT2D eigenvalue weighted by Gasteiger charge is 2.16. The topological polar surface area (TPSA) is 58.4 Å². The summed E-state index contributed by atoms with van der Waals surface area (Å²) in [6.45, 7) is 6.49. The Morgan fingerprint density at radius 2 is 2.07 bits per heavy atom. The molecule has 4 heteroatoms. The maximum absolute atomic E-state index is 11.8. The Labute approximate surface area is 92.2 Å². The first kappa shape index (κ1) is 12.5. The number of rotatable bonds is 5. The molecule has 0 spiro atoms. The molecule has 15 heavy (non-hydrogen) atoms. The van der Waals surface area contributed by atoms with Crippen LogP contribution in [0.25, 0.3) is 0 Å². The fraction of sp³-hybridized carbons (Fsp3) is 0.909. The van der Waals surface area contributed by atoms with E-state index in [1.165, 1.54) is 0 Å². The molecule has 0 radical (unpaired) electrons. The van der Waals surface area contributed by atoms with Crippen LogP contribution in [0.3, 0.4) is 0 Å². The van der Waals surface area contributed by atoms with E-state index in [0.717, 1.165) is 45.6 Å². The molecule has 0 saturated carbocycles. The van der Waals surface area contributed by atoms with Crippen molar-refractivity contribution in [3.05, 3.63) is 0 Å². The Balaban J connectivity index is 2.16. The predicted molar refractivity (Wildman–Crippen MR) is 61.5 cm³/mol. The van der Waals surface area contributed by atoms with Crippen molar-refractivity contribution in [2.75, 3.05) is 32.7 Å². The van der Waals surface area contributed by atoms with Crippen LogP contribution in [0.2, 0.25) is 0 Å². The summed E-state index contributed by atoms with van der Waals surface area (Å²) < 4.78 is 0. The molecule has 1 aliphatic rings. The van der Waals surface area contributed by atoms with E-state index in [2.05, 4.69) is 12.2 Å². The van der Waals surface area contributed by atoms with E-state index < -0.39 is 0 Å². The van der Waals surface area contributed by atoms with Crippen LogP contribution < -0.4 is 11.1 Å². The van der Waals surface area contributed by atoms with E-state index in [4.69, 9.17) is 5.73 Å². The molecule has 0 bridgehead atoms. The second kappa shape index (κ2) is 6.80. The molecule has 0 aromatic heterocycles. The van der Waals surface area contributed by atoms with Crippen LogP contribution >= 0.6 is 0 Å². The van der Waals surface area contributed by atoms with Gasteiger partial charge in [0.05, 0.1) is 0 Å². The van der Waals surface area contributed by atoms with Gasteiger partial charge in [0.2, 0.25) is 5.91 Å². The zero-order valence-electron chi connectivity index (χ0n) is 9.67. The van der Waals surface area contributed by atoms with Crippen LogP contribution in [0.1, 0.15) is 26.2 Å². The minimum Gasteiger partial charge on any atom is -0.340 e. The van der Waals surface area contributed by atoms with Gasteiger partial charge < -0.3 is 16.0 Å². The lowest BCUT2D eigenvalue weighted by Crippen LogP contribution is -2.46. The standard InChI is InChI=1S/C11H23N3O/c1-10(4-5-12)2-3-11(15)14-8-6-13-7-9-14/h10,13H,2-9,12H2,1H3. The van der Waals surface area contributed by atoms with E-state index in [1.54, 1.807) is 0 Å². The zero-order valence-corrected chi connectivity index (χ0v) is 9.67. The van der Waals surface area contributed by atoms with Gasteiger partial charge in [-0.05, 0) is 25.3 Å². The van der Waals surface area contributed by atoms with Gasteiger partial charge in [-0.15, -0.1) is 0 Å². The number of nitrogens with one attached hydrogen (secondary N) is 1. The molecule has 0 aromatic rings. The first-order valence-corrected chi connectivity index (χ1v) is 5.92. The highest BCUT2D eigenvalue weighted by atomic mass is 16.2. The molecule has 1 unspecified atom stereocenters. The predicted octanol–water partition coefficient (Wildman–Crippen LogP) is 0.183. The van der Waals surface area contributed by atoms with Gasteiger partial charge in [-0.1, -0.05) is 6.92 Å². The minimum absolute atomic E-state index is 0.306. The van der Waals surface area contributed by atoms with Crippen molar-refractivity contribution in [2.24, 2.45) is 11.7 Å². The Morgan fingerprint density at radius 3 is 2.67 bits per heavy atom. The summed E-state index contributed by atoms with van der Waals surface area (Å²) >= 11 is 0. The Hall–Kier alpha value is -0.610. The number of nitrogens with two attached hydrogens (primary N) is 1. The zero-order chi connectivity index (χ0) is 11.1. The summed E-state index contributed by atoms with van der Waals surface area (Å²) in [4.78, 5) is 13.7. The molecule has 88 valence electrons. The molecule has 1 rings (SSSR count). The van der Waals surface area contributed by atoms with Gasteiger partial charge in [0.1, 0.15) is 0 Å². The summed E-state index contributed by atoms with van der Waals surface area (Å²) in [6.07, 6.45) is 2.68. The number of carbonyl (C=O) groups is 1. The lowest BCUT2D eigenvalue weighted by atomic mass is 10.0. The monoisotopic (exact) mass is 213 g/mol. The Kier molecular flexibility index (Phi) is 5.65. The molecule has 1 saturated heterocycles. The molecule has 1 fully saturated rings. The van der Waals surface area contributed by atoms with Gasteiger partial charge in [-0.2, -0.15) is 0 Å². The quantitative estimate of drug-likeness (QED) is 0.685. The summed E-state index contributed by atoms with van der Waals surface area (Å²) in [7, 11) is 0. The van der Waals surface area contributed by atoms with Crippen LogP contribution in [-0.2, 0) is 4.79 Å². The lowest BCUT2D eigenvalue weighted by molar-refractivity contribution is -0.132. The Morgan fingerprint density at radius 1 is 1.40 bits per heavy atom. The fourth-order valence-corrected chi connectivity index (χ4v) is 1.87. The van der Waals surface area contributed by atoms with Gasteiger partial charge in [-0.3, -0.25) is 4.79 Å². The number of hydrogen-bond donors (Lipinski definition) is 2. The molecule has 1 amide bonds. The van der Waals surface area contributed by atoms with Crippen molar-refractivity contribution < 1.29 is 4.79 Å². The third-order valence-corrected chi connectivity index (χ3v) is 2.98. The maximum Gasteiger partial charge on any atom is 0.222 e. The summed E-state index contributed by atoms with van der Waals surface area (Å²) in [5.74, 6) is 0.877.